The molecule has 1 aliphatic rings. The van der Waals surface area contributed by atoms with E-state index in [1.807, 2.05) is 0 Å². The van der Waals surface area contributed by atoms with Gasteiger partial charge in [0.25, 0.3) is 0 Å². The molecule has 0 amide bonds. The lowest BCUT2D eigenvalue weighted by atomic mass is 9.99. The summed E-state index contributed by atoms with van der Waals surface area (Å²) in [6.45, 7) is 6.80. The van der Waals surface area contributed by atoms with E-state index in [0.717, 1.165) is 70.6 Å². The summed E-state index contributed by atoms with van der Waals surface area (Å²) in [5.74, 6) is -0.364. The fourth-order valence-electron chi connectivity index (χ4n) is 4.92. The molecule has 7 heteroatoms. The third-order valence-corrected chi connectivity index (χ3v) is 7.39. The first-order chi connectivity index (χ1) is 16.4. The summed E-state index contributed by atoms with van der Waals surface area (Å²) in [5.41, 5.74) is 0. The van der Waals surface area contributed by atoms with Crippen LogP contribution in [0.25, 0.3) is 0 Å². The van der Waals surface area contributed by atoms with Gasteiger partial charge in [-0.1, -0.05) is 104 Å². The molecule has 0 aromatic rings. The van der Waals surface area contributed by atoms with Crippen molar-refractivity contribution < 1.29 is 26.6 Å². The Labute approximate surface area is 210 Å². The summed E-state index contributed by atoms with van der Waals surface area (Å²) in [6, 6.07) is 0. The van der Waals surface area contributed by atoms with E-state index in [-0.39, 0.29) is 24.6 Å². The highest BCUT2D eigenvalue weighted by Gasteiger charge is 2.45. The zero-order chi connectivity index (χ0) is 25.1. The third kappa shape index (κ3) is 15.0. The molecule has 0 bridgehead atoms. The van der Waals surface area contributed by atoms with Crippen molar-refractivity contribution in [2.24, 2.45) is 0 Å². The largest absolute Gasteiger partial charge is 0.397 e. The number of ether oxygens (including phenoxy) is 2. The van der Waals surface area contributed by atoms with Crippen LogP contribution in [0.1, 0.15) is 149 Å². The minimum atomic E-state index is -4.30. The van der Waals surface area contributed by atoms with Crippen molar-refractivity contribution in [2.45, 2.75) is 167 Å². The van der Waals surface area contributed by atoms with Gasteiger partial charge in [-0.3, -0.25) is 4.55 Å². The van der Waals surface area contributed by atoms with Gasteiger partial charge in [0.1, 0.15) is 0 Å². The Morgan fingerprint density at radius 2 is 1.06 bits per heavy atom. The minimum Gasteiger partial charge on any atom is -0.344 e. The van der Waals surface area contributed by atoms with Crippen LogP contribution in [0.15, 0.2) is 0 Å². The number of hydrogen-bond acceptors (Lipinski definition) is 5. The van der Waals surface area contributed by atoms with Crippen LogP contribution in [0.3, 0.4) is 0 Å². The second-order valence-electron chi connectivity index (χ2n) is 10.1. The molecule has 204 valence electrons. The van der Waals surface area contributed by atoms with Gasteiger partial charge in [0.2, 0.25) is 0 Å². The molecule has 2 atom stereocenters. The van der Waals surface area contributed by atoms with Crippen molar-refractivity contribution in [3.8, 4) is 0 Å². The zero-order valence-corrected chi connectivity index (χ0v) is 23.2. The lowest BCUT2D eigenvalue weighted by molar-refractivity contribution is -0.187. The lowest BCUT2D eigenvalue weighted by Crippen LogP contribution is -2.31. The first kappa shape index (κ1) is 31.8. The van der Waals surface area contributed by atoms with Crippen molar-refractivity contribution >= 4 is 10.4 Å². The maximum absolute atomic E-state index is 10.6. The predicted octanol–water partition coefficient (Wildman–Crippen LogP) is 8.15. The highest BCUT2D eigenvalue weighted by atomic mass is 32.3. The monoisotopic (exact) mass is 506 g/mol. The Hall–Kier alpha value is -0.210. The van der Waals surface area contributed by atoms with Crippen LogP contribution in [-0.4, -0.2) is 37.6 Å². The van der Waals surface area contributed by atoms with Gasteiger partial charge in [-0.05, 0) is 32.1 Å². The summed E-state index contributed by atoms with van der Waals surface area (Å²) in [7, 11) is -4.30. The van der Waals surface area contributed by atoms with Gasteiger partial charge in [0, 0.05) is 12.8 Å². The first-order valence-corrected chi connectivity index (χ1v) is 15.7. The Morgan fingerprint density at radius 3 is 1.50 bits per heavy atom. The standard InChI is InChI=1S/C27H54O6S/c1-4-7-10-11-14-17-20-25-26(33-27(32-25,22-8-5-2)23-9-6-3)21-18-15-12-13-16-19-24-31-34(28,29)30/h25-26H,4-24H2,1-3H3,(H,28,29,30)/t25-,26-/m1/s1. The predicted molar refractivity (Wildman–Crippen MR) is 139 cm³/mol. The minimum absolute atomic E-state index is 0.0593. The average molecular weight is 507 g/mol. The Kier molecular flexibility index (Phi) is 17.8. The van der Waals surface area contributed by atoms with Crippen LogP contribution in [0, 0.1) is 0 Å². The van der Waals surface area contributed by atoms with Crippen molar-refractivity contribution in [3.05, 3.63) is 0 Å². The topological polar surface area (TPSA) is 82.1 Å². The van der Waals surface area contributed by atoms with Gasteiger partial charge in [0.05, 0.1) is 18.8 Å². The molecular formula is C27H54O6S. The molecule has 34 heavy (non-hydrogen) atoms. The van der Waals surface area contributed by atoms with E-state index >= 15 is 0 Å². The summed E-state index contributed by atoms with van der Waals surface area (Å²) in [5, 5.41) is 0. The van der Waals surface area contributed by atoms with Gasteiger partial charge in [-0.15, -0.1) is 0 Å². The van der Waals surface area contributed by atoms with E-state index in [2.05, 4.69) is 25.0 Å². The van der Waals surface area contributed by atoms with Gasteiger partial charge >= 0.3 is 10.4 Å². The second kappa shape index (κ2) is 19.0. The smallest absolute Gasteiger partial charge is 0.344 e. The van der Waals surface area contributed by atoms with Crippen molar-refractivity contribution in [1.82, 2.24) is 0 Å². The molecule has 0 aromatic heterocycles. The van der Waals surface area contributed by atoms with E-state index < -0.39 is 10.4 Å². The summed E-state index contributed by atoms with van der Waals surface area (Å²) in [4.78, 5) is 0. The molecule has 0 aliphatic carbocycles. The van der Waals surface area contributed by atoms with E-state index in [4.69, 9.17) is 14.0 Å². The quantitative estimate of drug-likeness (QED) is 0.111. The maximum Gasteiger partial charge on any atom is 0.397 e. The molecule has 1 rings (SSSR count). The molecule has 1 N–H and O–H groups in total. The van der Waals surface area contributed by atoms with Gasteiger partial charge < -0.3 is 9.47 Å². The fraction of sp³-hybridized carbons (Fsp3) is 1.00. The molecule has 0 unspecified atom stereocenters. The summed E-state index contributed by atoms with van der Waals surface area (Å²) < 4.78 is 47.5. The normalized spacial score (nSPS) is 20.2. The molecular weight excluding hydrogens is 452 g/mol. The van der Waals surface area contributed by atoms with Gasteiger partial charge in [0.15, 0.2) is 5.79 Å². The third-order valence-electron chi connectivity index (χ3n) is 6.93. The van der Waals surface area contributed by atoms with E-state index in [9.17, 15) is 8.42 Å². The van der Waals surface area contributed by atoms with Gasteiger partial charge in [-0.25, -0.2) is 4.18 Å². The zero-order valence-electron chi connectivity index (χ0n) is 22.4. The average Bonchev–Trinajstić information content (AvgIpc) is 3.14. The first-order valence-electron chi connectivity index (χ1n) is 14.3. The van der Waals surface area contributed by atoms with Crippen LogP contribution in [0.2, 0.25) is 0 Å². The summed E-state index contributed by atoms with van der Waals surface area (Å²) in [6.07, 6.45) is 23.2. The number of hydrogen-bond donors (Lipinski definition) is 1. The van der Waals surface area contributed by atoms with Crippen LogP contribution in [-0.2, 0) is 24.1 Å². The SMILES string of the molecule is CCCCCCCC[C@H]1OC(CCCC)(CCCC)O[C@@H]1CCCCCCCCOS(=O)(=O)O. The number of unbranched alkanes of at least 4 members (excludes halogenated alkanes) is 12. The van der Waals surface area contributed by atoms with Crippen LogP contribution < -0.4 is 0 Å². The molecule has 0 spiro atoms. The van der Waals surface area contributed by atoms with Gasteiger partial charge in [-0.2, -0.15) is 8.42 Å². The van der Waals surface area contributed by atoms with Crippen LogP contribution >= 0.6 is 0 Å². The second-order valence-corrected chi connectivity index (χ2v) is 11.2. The maximum atomic E-state index is 10.6. The van der Waals surface area contributed by atoms with E-state index in [1.54, 1.807) is 0 Å². The Balaban J connectivity index is 2.44. The molecule has 0 radical (unpaired) electrons. The Bertz CT molecular complexity index is 572. The van der Waals surface area contributed by atoms with E-state index in [0.29, 0.717) is 6.42 Å². The van der Waals surface area contributed by atoms with Crippen LogP contribution in [0.4, 0.5) is 0 Å². The van der Waals surface area contributed by atoms with Crippen molar-refractivity contribution in [2.75, 3.05) is 6.61 Å². The number of rotatable bonds is 23. The van der Waals surface area contributed by atoms with Crippen molar-refractivity contribution in [1.29, 1.82) is 0 Å². The molecule has 1 saturated heterocycles. The fourth-order valence-corrected chi connectivity index (χ4v) is 5.25. The van der Waals surface area contributed by atoms with E-state index in [1.165, 1.54) is 51.4 Å². The van der Waals surface area contributed by atoms with Crippen LogP contribution in [0.5, 0.6) is 0 Å². The molecule has 6 nitrogen and oxygen atoms in total. The molecule has 1 heterocycles. The molecule has 1 aliphatic heterocycles. The lowest BCUT2D eigenvalue weighted by Gasteiger charge is -2.28. The molecule has 1 fully saturated rings. The highest BCUT2D eigenvalue weighted by Crippen LogP contribution is 2.40. The highest BCUT2D eigenvalue weighted by molar-refractivity contribution is 7.80. The molecule has 0 aromatic carbocycles. The van der Waals surface area contributed by atoms with Crippen molar-refractivity contribution in [3.63, 3.8) is 0 Å². The summed E-state index contributed by atoms with van der Waals surface area (Å²) >= 11 is 0. The molecule has 0 saturated carbocycles. The Morgan fingerprint density at radius 1 is 0.647 bits per heavy atom.